The van der Waals surface area contributed by atoms with Gasteiger partial charge in [0.1, 0.15) is 12.4 Å². The van der Waals surface area contributed by atoms with Crippen molar-refractivity contribution in [3.8, 4) is 5.75 Å². The lowest BCUT2D eigenvalue weighted by Gasteiger charge is -2.34. The van der Waals surface area contributed by atoms with Crippen LogP contribution in [0.15, 0.2) is 36.9 Å². The minimum atomic E-state index is 0.200. The van der Waals surface area contributed by atoms with Crippen LogP contribution in [-0.4, -0.2) is 36.5 Å². The fraction of sp³-hybridized carbons (Fsp3) is 0.571. The van der Waals surface area contributed by atoms with Crippen LogP contribution in [0.5, 0.6) is 5.75 Å². The summed E-state index contributed by atoms with van der Waals surface area (Å²) in [4.78, 5) is 14.5. The molecule has 138 valence electrons. The fourth-order valence-electron chi connectivity index (χ4n) is 3.32. The summed E-state index contributed by atoms with van der Waals surface area (Å²) >= 11 is 0. The molecule has 1 saturated heterocycles. The van der Waals surface area contributed by atoms with Crippen molar-refractivity contribution >= 4 is 5.91 Å². The number of hydrogen-bond donors (Lipinski definition) is 1. The molecule has 0 radical (unpaired) electrons. The third-order valence-electron chi connectivity index (χ3n) is 5.03. The van der Waals surface area contributed by atoms with Crippen LogP contribution in [0.4, 0.5) is 0 Å². The highest BCUT2D eigenvalue weighted by molar-refractivity contribution is 5.78. The van der Waals surface area contributed by atoms with Crippen LogP contribution in [0.3, 0.4) is 0 Å². The molecule has 0 aromatic heterocycles. The van der Waals surface area contributed by atoms with Crippen molar-refractivity contribution in [2.75, 3.05) is 19.7 Å². The fourth-order valence-corrected chi connectivity index (χ4v) is 3.32. The monoisotopic (exact) mass is 344 g/mol. The molecule has 0 unspecified atom stereocenters. The van der Waals surface area contributed by atoms with Crippen LogP contribution in [0.2, 0.25) is 0 Å². The summed E-state index contributed by atoms with van der Waals surface area (Å²) in [5.74, 6) is 1.42. The molecule has 4 nitrogen and oxygen atoms in total. The van der Waals surface area contributed by atoms with E-state index in [0.29, 0.717) is 18.6 Å². The number of rotatable bonds is 9. The third kappa shape index (κ3) is 5.89. The van der Waals surface area contributed by atoms with E-state index in [1.54, 1.807) is 6.08 Å². The van der Waals surface area contributed by atoms with Gasteiger partial charge in [-0.15, -0.1) is 0 Å². The summed E-state index contributed by atoms with van der Waals surface area (Å²) in [5, 5.41) is 3.62. The molecule has 1 aliphatic heterocycles. The normalized spacial score (nSPS) is 15.4. The molecule has 0 saturated carbocycles. The molecular formula is C21H32N2O2. The van der Waals surface area contributed by atoms with E-state index in [2.05, 4.69) is 42.8 Å². The second-order valence-electron chi connectivity index (χ2n) is 6.74. The zero-order valence-electron chi connectivity index (χ0n) is 15.7. The van der Waals surface area contributed by atoms with E-state index >= 15 is 0 Å². The van der Waals surface area contributed by atoms with Crippen molar-refractivity contribution in [2.24, 2.45) is 5.92 Å². The zero-order chi connectivity index (χ0) is 18.1. The number of benzene rings is 1. The van der Waals surface area contributed by atoms with E-state index in [1.165, 1.54) is 5.56 Å². The molecule has 1 aromatic rings. The van der Waals surface area contributed by atoms with Gasteiger partial charge in [0.25, 0.3) is 0 Å². The molecule has 4 heteroatoms. The topological polar surface area (TPSA) is 41.6 Å². The zero-order valence-corrected chi connectivity index (χ0v) is 15.7. The van der Waals surface area contributed by atoms with Crippen molar-refractivity contribution in [3.05, 3.63) is 42.5 Å². The van der Waals surface area contributed by atoms with E-state index in [1.807, 2.05) is 12.1 Å². The maximum absolute atomic E-state index is 12.4. The minimum Gasteiger partial charge on any atom is -0.490 e. The van der Waals surface area contributed by atoms with E-state index < -0.39 is 0 Å². The average molecular weight is 344 g/mol. The Hall–Kier alpha value is -1.81. The largest absolute Gasteiger partial charge is 0.490 e. The first-order valence-electron chi connectivity index (χ1n) is 9.52. The van der Waals surface area contributed by atoms with E-state index in [0.717, 1.165) is 51.1 Å². The first kappa shape index (κ1) is 19.5. The quantitative estimate of drug-likeness (QED) is 0.693. The van der Waals surface area contributed by atoms with Crippen LogP contribution in [0.25, 0.3) is 0 Å². The van der Waals surface area contributed by atoms with Crippen molar-refractivity contribution in [3.63, 3.8) is 0 Å². The smallest absolute Gasteiger partial charge is 0.225 e. The molecule has 1 aliphatic rings. The lowest BCUT2D eigenvalue weighted by molar-refractivity contribution is -0.136. The summed E-state index contributed by atoms with van der Waals surface area (Å²) < 4.78 is 5.50. The van der Waals surface area contributed by atoms with Crippen molar-refractivity contribution in [1.82, 2.24) is 10.2 Å². The maximum atomic E-state index is 12.4. The third-order valence-corrected chi connectivity index (χ3v) is 5.03. The Morgan fingerprint density at radius 3 is 2.48 bits per heavy atom. The predicted molar refractivity (Wildman–Crippen MR) is 103 cm³/mol. The van der Waals surface area contributed by atoms with E-state index in [9.17, 15) is 4.79 Å². The second kappa shape index (κ2) is 10.2. The molecule has 1 fully saturated rings. The molecule has 1 N–H and O–H groups in total. The molecule has 1 heterocycles. The number of likely N-dealkylation sites (tertiary alicyclic amines) is 1. The Morgan fingerprint density at radius 2 is 1.92 bits per heavy atom. The van der Waals surface area contributed by atoms with Gasteiger partial charge in [-0.1, -0.05) is 38.6 Å². The minimum absolute atomic E-state index is 0.200. The van der Waals surface area contributed by atoms with Crippen LogP contribution in [-0.2, 0) is 11.3 Å². The molecule has 2 rings (SSSR count). The number of piperidine rings is 1. The highest BCUT2D eigenvalue weighted by atomic mass is 16.5. The Labute approximate surface area is 152 Å². The Kier molecular flexibility index (Phi) is 7.99. The van der Waals surface area contributed by atoms with Gasteiger partial charge in [0, 0.05) is 31.6 Å². The Bertz CT molecular complexity index is 529. The molecule has 0 aliphatic carbocycles. The van der Waals surface area contributed by atoms with Gasteiger partial charge in [0.2, 0.25) is 5.91 Å². The second-order valence-corrected chi connectivity index (χ2v) is 6.74. The number of hydrogen-bond acceptors (Lipinski definition) is 3. The van der Waals surface area contributed by atoms with Gasteiger partial charge >= 0.3 is 0 Å². The van der Waals surface area contributed by atoms with Crippen LogP contribution < -0.4 is 10.1 Å². The molecule has 0 atom stereocenters. The highest BCUT2D eigenvalue weighted by Crippen LogP contribution is 2.18. The number of carbonyl (C=O) groups is 1. The molecule has 0 bridgehead atoms. The summed E-state index contributed by atoms with van der Waals surface area (Å²) in [6.07, 6.45) is 5.70. The first-order valence-corrected chi connectivity index (χ1v) is 9.52. The average Bonchev–Trinajstić information content (AvgIpc) is 2.67. The first-order chi connectivity index (χ1) is 12.2. The van der Waals surface area contributed by atoms with Crippen molar-refractivity contribution < 1.29 is 9.53 Å². The van der Waals surface area contributed by atoms with Crippen molar-refractivity contribution in [1.29, 1.82) is 0 Å². The van der Waals surface area contributed by atoms with Gasteiger partial charge < -0.3 is 15.0 Å². The van der Waals surface area contributed by atoms with Gasteiger partial charge in [0.15, 0.2) is 0 Å². The number of amides is 1. The van der Waals surface area contributed by atoms with E-state index in [4.69, 9.17) is 4.74 Å². The van der Waals surface area contributed by atoms with Crippen LogP contribution >= 0.6 is 0 Å². The van der Waals surface area contributed by atoms with Gasteiger partial charge in [-0.25, -0.2) is 0 Å². The maximum Gasteiger partial charge on any atom is 0.225 e. The number of ether oxygens (including phenoxy) is 1. The molecular weight excluding hydrogens is 312 g/mol. The van der Waals surface area contributed by atoms with Crippen LogP contribution in [0, 0.1) is 5.92 Å². The van der Waals surface area contributed by atoms with Gasteiger partial charge in [-0.3, -0.25) is 4.79 Å². The molecule has 25 heavy (non-hydrogen) atoms. The van der Waals surface area contributed by atoms with Crippen molar-refractivity contribution in [2.45, 2.75) is 52.1 Å². The summed E-state index contributed by atoms with van der Waals surface area (Å²) in [7, 11) is 0. The Morgan fingerprint density at radius 1 is 1.28 bits per heavy atom. The number of nitrogens with one attached hydrogen (secondary N) is 1. The van der Waals surface area contributed by atoms with Gasteiger partial charge in [0.05, 0.1) is 0 Å². The van der Waals surface area contributed by atoms with Gasteiger partial charge in [-0.2, -0.15) is 0 Å². The summed E-state index contributed by atoms with van der Waals surface area (Å²) in [5.41, 5.74) is 1.25. The number of nitrogens with zero attached hydrogens (tertiary/aromatic N) is 1. The van der Waals surface area contributed by atoms with Gasteiger partial charge in [-0.05, 0) is 43.4 Å². The summed E-state index contributed by atoms with van der Waals surface area (Å²) in [6, 6.07) is 8.67. The molecule has 1 amide bonds. The lowest BCUT2D eigenvalue weighted by Crippen LogP contribution is -2.46. The molecule has 0 spiro atoms. The Balaban J connectivity index is 1.73. The lowest BCUT2D eigenvalue weighted by atomic mass is 9.98. The molecule has 1 aromatic carbocycles. The highest BCUT2D eigenvalue weighted by Gasteiger charge is 2.26. The van der Waals surface area contributed by atoms with Crippen LogP contribution in [0.1, 0.15) is 45.1 Å². The standard InChI is InChI=1S/C21H32N2O2/c1-4-15-25-20-9-7-17(8-10-20)16-22-19-11-13-23(14-12-19)21(24)18(5-2)6-3/h4,7-10,18-19,22H,1,5-6,11-16H2,2-3H3. The summed E-state index contributed by atoms with van der Waals surface area (Å²) in [6.45, 7) is 11.0. The SMILES string of the molecule is C=CCOc1ccc(CNC2CCN(C(=O)C(CC)CC)CC2)cc1. The predicted octanol–water partition coefficient (Wildman–Crippen LogP) is 3.77. The van der Waals surface area contributed by atoms with E-state index in [-0.39, 0.29) is 5.92 Å². The number of carbonyl (C=O) groups excluding carboxylic acids is 1.